The number of carbonyl (C=O) groups is 1. The molecule has 0 bridgehead atoms. The first kappa shape index (κ1) is 16.2. The summed E-state index contributed by atoms with van der Waals surface area (Å²) < 4.78 is 5.72. The van der Waals surface area contributed by atoms with Crippen molar-refractivity contribution >= 4 is 17.4 Å². The van der Waals surface area contributed by atoms with Crippen LogP contribution >= 0.6 is 11.3 Å². The lowest BCUT2D eigenvalue weighted by atomic mass is 9.93. The van der Waals surface area contributed by atoms with Crippen molar-refractivity contribution in [2.75, 3.05) is 13.2 Å². The Hall–Kier alpha value is -1.14. The summed E-state index contributed by atoms with van der Waals surface area (Å²) in [5.41, 5.74) is 0. The van der Waals surface area contributed by atoms with E-state index < -0.39 is 0 Å². The Labute approximate surface area is 130 Å². The van der Waals surface area contributed by atoms with Crippen molar-refractivity contribution < 1.29 is 9.53 Å². The summed E-state index contributed by atoms with van der Waals surface area (Å²) in [5, 5.41) is 6.76. The Morgan fingerprint density at radius 1 is 1.52 bits per heavy atom. The van der Waals surface area contributed by atoms with E-state index in [0.29, 0.717) is 24.9 Å². The van der Waals surface area contributed by atoms with Crippen molar-refractivity contribution in [3.05, 3.63) is 16.1 Å². The predicted octanol–water partition coefficient (Wildman–Crippen LogP) is 2.57. The predicted molar refractivity (Wildman–Crippen MR) is 84.4 cm³/mol. The van der Waals surface area contributed by atoms with Gasteiger partial charge in [-0.3, -0.25) is 0 Å². The number of hydrogen-bond donors (Lipinski definition) is 2. The SMILES string of the molecule is CCc1cnc(CNC(=O)NC[C@@H]2CCO[C@@H]2C(C)C)s1. The fourth-order valence-corrected chi connectivity index (χ4v) is 3.45. The maximum absolute atomic E-state index is 11.8. The Morgan fingerprint density at radius 2 is 2.33 bits per heavy atom. The number of aryl methyl sites for hydroxylation is 1. The number of aromatic nitrogens is 1. The Morgan fingerprint density at radius 3 is 3.00 bits per heavy atom. The topological polar surface area (TPSA) is 63.2 Å². The first-order valence-corrected chi connectivity index (χ1v) is 8.48. The highest BCUT2D eigenvalue weighted by molar-refractivity contribution is 7.11. The molecule has 118 valence electrons. The van der Waals surface area contributed by atoms with Gasteiger partial charge in [0.1, 0.15) is 5.01 Å². The molecule has 2 amide bonds. The van der Waals surface area contributed by atoms with Gasteiger partial charge < -0.3 is 15.4 Å². The summed E-state index contributed by atoms with van der Waals surface area (Å²) in [4.78, 5) is 17.4. The molecule has 0 unspecified atom stereocenters. The van der Waals surface area contributed by atoms with E-state index >= 15 is 0 Å². The van der Waals surface area contributed by atoms with Crippen LogP contribution in [0.3, 0.4) is 0 Å². The number of thiazole rings is 1. The van der Waals surface area contributed by atoms with Gasteiger partial charge in [0.05, 0.1) is 12.6 Å². The standard InChI is InChI=1S/C15H25N3O2S/c1-4-12-8-16-13(21-12)9-18-15(19)17-7-11-5-6-20-14(11)10(2)3/h8,10-11,14H,4-7,9H2,1-3H3,(H2,17,18,19)/t11-,14+/m0/s1. The van der Waals surface area contributed by atoms with Gasteiger partial charge >= 0.3 is 6.03 Å². The third-order valence-electron chi connectivity index (χ3n) is 3.80. The van der Waals surface area contributed by atoms with E-state index in [1.54, 1.807) is 11.3 Å². The average Bonchev–Trinajstić information content (AvgIpc) is 3.11. The van der Waals surface area contributed by atoms with Gasteiger partial charge in [0.25, 0.3) is 0 Å². The minimum Gasteiger partial charge on any atom is -0.378 e. The first-order valence-electron chi connectivity index (χ1n) is 7.67. The highest BCUT2D eigenvalue weighted by atomic mass is 32.1. The van der Waals surface area contributed by atoms with Gasteiger partial charge in [0.2, 0.25) is 0 Å². The van der Waals surface area contributed by atoms with Crippen molar-refractivity contribution in [1.29, 1.82) is 0 Å². The molecule has 0 aromatic carbocycles. The number of nitrogens with zero attached hydrogens (tertiary/aromatic N) is 1. The van der Waals surface area contributed by atoms with Crippen molar-refractivity contribution in [3.8, 4) is 0 Å². The van der Waals surface area contributed by atoms with Crippen LogP contribution in [-0.4, -0.2) is 30.3 Å². The molecule has 1 aliphatic rings. The summed E-state index contributed by atoms with van der Waals surface area (Å²) in [5.74, 6) is 0.910. The molecule has 5 nitrogen and oxygen atoms in total. The quantitative estimate of drug-likeness (QED) is 0.848. The third-order valence-corrected chi connectivity index (χ3v) is 4.94. The molecule has 6 heteroatoms. The van der Waals surface area contributed by atoms with Crippen LogP contribution in [0.25, 0.3) is 0 Å². The van der Waals surface area contributed by atoms with Gasteiger partial charge in [0.15, 0.2) is 0 Å². The number of rotatable bonds is 6. The molecule has 0 radical (unpaired) electrons. The Kier molecular flexibility index (Phi) is 5.99. The maximum Gasteiger partial charge on any atom is 0.315 e. The van der Waals surface area contributed by atoms with Crippen LogP contribution < -0.4 is 10.6 Å². The van der Waals surface area contributed by atoms with E-state index in [1.165, 1.54) is 4.88 Å². The zero-order valence-corrected chi connectivity index (χ0v) is 13.8. The fraction of sp³-hybridized carbons (Fsp3) is 0.733. The van der Waals surface area contributed by atoms with Crippen LogP contribution in [0.2, 0.25) is 0 Å². The summed E-state index contributed by atoms with van der Waals surface area (Å²) in [6, 6.07) is -0.127. The number of carbonyl (C=O) groups excluding carboxylic acids is 1. The number of ether oxygens (including phenoxy) is 1. The van der Waals surface area contributed by atoms with Crippen molar-refractivity contribution in [2.45, 2.75) is 46.3 Å². The van der Waals surface area contributed by atoms with Gasteiger partial charge in [-0.1, -0.05) is 20.8 Å². The molecule has 2 heterocycles. The van der Waals surface area contributed by atoms with Gasteiger partial charge in [-0.15, -0.1) is 11.3 Å². The number of amides is 2. The van der Waals surface area contributed by atoms with Crippen molar-refractivity contribution in [2.24, 2.45) is 11.8 Å². The van der Waals surface area contributed by atoms with Gasteiger partial charge in [-0.25, -0.2) is 9.78 Å². The molecule has 0 spiro atoms. The minimum atomic E-state index is -0.127. The van der Waals surface area contributed by atoms with Crippen LogP contribution in [0, 0.1) is 11.8 Å². The smallest absolute Gasteiger partial charge is 0.315 e. The minimum absolute atomic E-state index is 0.127. The van der Waals surface area contributed by atoms with Crippen molar-refractivity contribution in [3.63, 3.8) is 0 Å². The van der Waals surface area contributed by atoms with Crippen LogP contribution in [-0.2, 0) is 17.7 Å². The maximum atomic E-state index is 11.8. The summed E-state index contributed by atoms with van der Waals surface area (Å²) >= 11 is 1.65. The van der Waals surface area contributed by atoms with E-state index in [0.717, 1.165) is 24.5 Å². The largest absolute Gasteiger partial charge is 0.378 e. The zero-order chi connectivity index (χ0) is 15.2. The number of hydrogen-bond acceptors (Lipinski definition) is 4. The molecule has 2 rings (SSSR count). The van der Waals surface area contributed by atoms with Gasteiger partial charge in [-0.2, -0.15) is 0 Å². The van der Waals surface area contributed by atoms with E-state index in [2.05, 4.69) is 36.4 Å². The number of urea groups is 1. The molecular weight excluding hydrogens is 286 g/mol. The van der Waals surface area contributed by atoms with Gasteiger partial charge in [-0.05, 0) is 18.8 Å². The number of nitrogens with one attached hydrogen (secondary N) is 2. The molecule has 1 fully saturated rings. The van der Waals surface area contributed by atoms with E-state index in [-0.39, 0.29) is 12.1 Å². The van der Waals surface area contributed by atoms with E-state index in [9.17, 15) is 4.79 Å². The molecule has 2 atom stereocenters. The highest BCUT2D eigenvalue weighted by Crippen LogP contribution is 2.26. The molecule has 1 aliphatic heterocycles. The lowest BCUT2D eigenvalue weighted by Crippen LogP contribution is -2.40. The Bertz CT molecular complexity index is 462. The normalized spacial score (nSPS) is 21.7. The summed E-state index contributed by atoms with van der Waals surface area (Å²) in [6.07, 6.45) is 4.15. The van der Waals surface area contributed by atoms with E-state index in [1.807, 2.05) is 6.20 Å². The second-order valence-corrected chi connectivity index (χ2v) is 6.97. The molecule has 1 aromatic rings. The third kappa shape index (κ3) is 4.68. The van der Waals surface area contributed by atoms with E-state index in [4.69, 9.17) is 4.74 Å². The fourth-order valence-electron chi connectivity index (χ4n) is 2.65. The van der Waals surface area contributed by atoms with Crippen LogP contribution in [0.15, 0.2) is 6.20 Å². The monoisotopic (exact) mass is 311 g/mol. The first-order chi connectivity index (χ1) is 10.1. The zero-order valence-electron chi connectivity index (χ0n) is 13.0. The Balaban J connectivity index is 1.70. The van der Waals surface area contributed by atoms with Crippen LogP contribution in [0.1, 0.15) is 37.1 Å². The van der Waals surface area contributed by atoms with Crippen LogP contribution in [0.4, 0.5) is 4.79 Å². The summed E-state index contributed by atoms with van der Waals surface area (Å²) in [6.45, 7) is 8.40. The molecule has 21 heavy (non-hydrogen) atoms. The molecule has 0 saturated carbocycles. The molecule has 1 saturated heterocycles. The summed E-state index contributed by atoms with van der Waals surface area (Å²) in [7, 11) is 0. The van der Waals surface area contributed by atoms with Crippen molar-refractivity contribution in [1.82, 2.24) is 15.6 Å². The highest BCUT2D eigenvalue weighted by Gasteiger charge is 2.30. The molecule has 2 N–H and O–H groups in total. The second-order valence-electron chi connectivity index (χ2n) is 5.77. The average molecular weight is 311 g/mol. The molecule has 0 aliphatic carbocycles. The second kappa shape index (κ2) is 7.75. The van der Waals surface area contributed by atoms with Crippen LogP contribution in [0.5, 0.6) is 0 Å². The lowest BCUT2D eigenvalue weighted by molar-refractivity contribution is 0.0545. The van der Waals surface area contributed by atoms with Gasteiger partial charge in [0, 0.05) is 30.1 Å². The molecule has 1 aromatic heterocycles. The lowest BCUT2D eigenvalue weighted by Gasteiger charge is -2.22. The molecular formula is C15H25N3O2S.